The third-order valence-corrected chi connectivity index (χ3v) is 12.4. The van der Waals surface area contributed by atoms with E-state index in [1.807, 2.05) is 0 Å². The number of rotatable bonds is 7. The van der Waals surface area contributed by atoms with Crippen LogP contribution in [-0.4, -0.2) is 4.57 Å². The summed E-state index contributed by atoms with van der Waals surface area (Å²) in [4.78, 5) is 2.44. The van der Waals surface area contributed by atoms with Gasteiger partial charge in [0.25, 0.3) is 0 Å². The van der Waals surface area contributed by atoms with Crippen molar-refractivity contribution in [3.63, 3.8) is 0 Å². The Hall–Kier alpha value is -7.42. The van der Waals surface area contributed by atoms with Crippen molar-refractivity contribution in [3.05, 3.63) is 230 Å². The van der Waals surface area contributed by atoms with Gasteiger partial charge in [-0.25, -0.2) is 0 Å². The van der Waals surface area contributed by atoms with Crippen molar-refractivity contribution in [2.45, 2.75) is 19.3 Å². The lowest BCUT2D eigenvalue weighted by atomic mass is 9.82. The van der Waals surface area contributed by atoms with Crippen molar-refractivity contribution in [2.75, 3.05) is 4.90 Å². The van der Waals surface area contributed by atoms with Gasteiger partial charge in [0.2, 0.25) is 0 Å². The number of para-hydroxylation sites is 1. The Morgan fingerprint density at radius 3 is 1.66 bits per heavy atom. The summed E-state index contributed by atoms with van der Waals surface area (Å²) in [6.07, 6.45) is 0. The van der Waals surface area contributed by atoms with Crippen molar-refractivity contribution in [1.82, 2.24) is 4.57 Å². The molecule has 2 heteroatoms. The molecule has 10 aromatic rings. The Morgan fingerprint density at radius 2 is 0.898 bits per heavy atom. The Morgan fingerprint density at radius 1 is 0.356 bits per heavy atom. The fourth-order valence-corrected chi connectivity index (χ4v) is 9.50. The fraction of sp³-hybridized carbons (Fsp3) is 0.0526. The molecule has 0 bridgehead atoms. The van der Waals surface area contributed by atoms with Crippen LogP contribution in [0, 0.1) is 0 Å². The van der Waals surface area contributed by atoms with Crippen LogP contribution in [0.1, 0.15) is 25.0 Å². The number of aromatic nitrogens is 1. The first-order valence-electron chi connectivity index (χ1n) is 20.5. The lowest BCUT2D eigenvalue weighted by Gasteiger charge is -2.28. The molecule has 59 heavy (non-hydrogen) atoms. The zero-order valence-corrected chi connectivity index (χ0v) is 33.2. The van der Waals surface area contributed by atoms with E-state index >= 15 is 0 Å². The van der Waals surface area contributed by atoms with Crippen LogP contribution >= 0.6 is 0 Å². The first-order valence-corrected chi connectivity index (χ1v) is 20.5. The highest BCUT2D eigenvalue weighted by Gasteiger charge is 2.35. The van der Waals surface area contributed by atoms with Crippen LogP contribution in [0.3, 0.4) is 0 Å². The van der Waals surface area contributed by atoms with Crippen LogP contribution in [0.4, 0.5) is 17.1 Å². The lowest BCUT2D eigenvalue weighted by molar-refractivity contribution is 0.660. The highest BCUT2D eigenvalue weighted by Crippen LogP contribution is 2.51. The van der Waals surface area contributed by atoms with Crippen molar-refractivity contribution in [3.8, 4) is 50.2 Å². The molecule has 0 spiro atoms. The summed E-state index contributed by atoms with van der Waals surface area (Å²) in [6.45, 7) is 4.72. The minimum Gasteiger partial charge on any atom is -0.310 e. The number of fused-ring (bicyclic) bond motifs is 6. The second-order valence-corrected chi connectivity index (χ2v) is 16.2. The van der Waals surface area contributed by atoms with Crippen LogP contribution in [0.15, 0.2) is 218 Å². The zero-order valence-electron chi connectivity index (χ0n) is 33.2. The molecule has 0 atom stereocenters. The van der Waals surface area contributed by atoms with E-state index < -0.39 is 0 Å². The van der Waals surface area contributed by atoms with Crippen LogP contribution in [-0.2, 0) is 5.41 Å². The molecular formula is C57H42N2. The Labute approximate surface area is 345 Å². The topological polar surface area (TPSA) is 8.17 Å². The number of hydrogen-bond acceptors (Lipinski definition) is 1. The summed E-state index contributed by atoms with van der Waals surface area (Å²) in [6, 6.07) is 79.9. The van der Waals surface area contributed by atoms with Gasteiger partial charge in [-0.3, -0.25) is 0 Å². The van der Waals surface area contributed by atoms with Crippen molar-refractivity contribution < 1.29 is 0 Å². The molecule has 0 aliphatic heterocycles. The molecule has 0 radical (unpaired) electrons. The van der Waals surface area contributed by atoms with E-state index in [-0.39, 0.29) is 5.41 Å². The fourth-order valence-electron chi connectivity index (χ4n) is 9.50. The summed E-state index contributed by atoms with van der Waals surface area (Å²) in [5.74, 6) is 0. The smallest absolute Gasteiger partial charge is 0.0547 e. The standard InChI is InChI=1S/C57H42N2/c1-57(2)52-26-13-12-24-49(52)50-34-32-47(38-53(50)57)58(45-30-28-41(29-31-45)39-16-6-3-7-17-39)46-33-35-54-51(37-46)56-48(25-15-27-55(56)59(54)44-22-10-5-11-23-44)43-21-14-20-42(36-43)40-18-8-4-9-19-40/h3-38H,1-2H3. The van der Waals surface area contributed by atoms with Crippen LogP contribution in [0.2, 0.25) is 0 Å². The molecule has 0 unspecified atom stereocenters. The summed E-state index contributed by atoms with van der Waals surface area (Å²) in [5, 5.41) is 2.45. The van der Waals surface area contributed by atoms with Crippen LogP contribution < -0.4 is 4.90 Å². The maximum absolute atomic E-state index is 2.44. The number of nitrogens with zero attached hydrogens (tertiary/aromatic N) is 2. The SMILES string of the molecule is CC1(C)c2ccccc2-c2ccc(N(c3ccc(-c4ccccc4)cc3)c3ccc4c(c3)c3c(-c5cccc(-c6ccccc6)c5)cccc3n4-c3ccccc3)cc21. The molecule has 1 heterocycles. The van der Waals surface area contributed by atoms with E-state index in [9.17, 15) is 0 Å². The summed E-state index contributed by atoms with van der Waals surface area (Å²) < 4.78 is 2.42. The summed E-state index contributed by atoms with van der Waals surface area (Å²) >= 11 is 0. The normalized spacial score (nSPS) is 12.7. The van der Waals surface area contributed by atoms with E-state index in [0.29, 0.717) is 0 Å². The van der Waals surface area contributed by atoms with E-state index in [1.54, 1.807) is 0 Å². The van der Waals surface area contributed by atoms with Gasteiger partial charge in [-0.05, 0) is 122 Å². The second kappa shape index (κ2) is 13.9. The van der Waals surface area contributed by atoms with Gasteiger partial charge in [0, 0.05) is 38.9 Å². The quantitative estimate of drug-likeness (QED) is 0.157. The molecule has 1 aromatic heterocycles. The summed E-state index contributed by atoms with van der Waals surface area (Å²) in [5.41, 5.74) is 19.4. The van der Waals surface area contributed by atoms with Gasteiger partial charge < -0.3 is 9.47 Å². The van der Waals surface area contributed by atoms with Gasteiger partial charge in [-0.1, -0.05) is 166 Å². The predicted molar refractivity (Wildman–Crippen MR) is 249 cm³/mol. The van der Waals surface area contributed by atoms with Gasteiger partial charge >= 0.3 is 0 Å². The molecule has 0 amide bonds. The van der Waals surface area contributed by atoms with Gasteiger partial charge in [0.15, 0.2) is 0 Å². The van der Waals surface area contributed by atoms with E-state index in [1.165, 1.54) is 77.4 Å². The monoisotopic (exact) mass is 754 g/mol. The molecule has 1 aliphatic rings. The minimum absolute atomic E-state index is 0.124. The highest BCUT2D eigenvalue weighted by molar-refractivity contribution is 6.17. The predicted octanol–water partition coefficient (Wildman–Crippen LogP) is 15.6. The van der Waals surface area contributed by atoms with E-state index in [0.717, 1.165) is 22.7 Å². The molecule has 0 N–H and O–H groups in total. The van der Waals surface area contributed by atoms with Crippen molar-refractivity contribution in [2.24, 2.45) is 0 Å². The van der Waals surface area contributed by atoms with Crippen LogP contribution in [0.25, 0.3) is 72.0 Å². The highest BCUT2D eigenvalue weighted by atomic mass is 15.1. The first-order chi connectivity index (χ1) is 29.0. The Balaban J connectivity index is 1.14. The Kier molecular flexibility index (Phi) is 8.20. The third-order valence-electron chi connectivity index (χ3n) is 12.4. The molecular weight excluding hydrogens is 713 g/mol. The van der Waals surface area contributed by atoms with Gasteiger partial charge in [0.05, 0.1) is 11.0 Å². The molecule has 0 saturated heterocycles. The molecule has 1 aliphatic carbocycles. The second-order valence-electron chi connectivity index (χ2n) is 16.2. The average Bonchev–Trinajstić information content (AvgIpc) is 3.75. The third kappa shape index (κ3) is 5.79. The molecule has 9 aromatic carbocycles. The van der Waals surface area contributed by atoms with Gasteiger partial charge in [-0.15, -0.1) is 0 Å². The largest absolute Gasteiger partial charge is 0.310 e. The number of benzene rings is 9. The zero-order chi connectivity index (χ0) is 39.5. The van der Waals surface area contributed by atoms with E-state index in [4.69, 9.17) is 0 Å². The van der Waals surface area contributed by atoms with Gasteiger partial charge in [-0.2, -0.15) is 0 Å². The minimum atomic E-state index is -0.124. The summed E-state index contributed by atoms with van der Waals surface area (Å²) in [7, 11) is 0. The number of hydrogen-bond donors (Lipinski definition) is 0. The van der Waals surface area contributed by atoms with Gasteiger partial charge in [0.1, 0.15) is 0 Å². The maximum atomic E-state index is 2.44. The first kappa shape index (κ1) is 34.8. The molecule has 11 rings (SSSR count). The van der Waals surface area contributed by atoms with E-state index in [2.05, 4.69) is 242 Å². The number of anilines is 3. The average molecular weight is 755 g/mol. The maximum Gasteiger partial charge on any atom is 0.0547 e. The molecule has 0 saturated carbocycles. The molecule has 280 valence electrons. The molecule has 0 fully saturated rings. The lowest BCUT2D eigenvalue weighted by Crippen LogP contribution is -2.16. The van der Waals surface area contributed by atoms with Crippen molar-refractivity contribution in [1.29, 1.82) is 0 Å². The van der Waals surface area contributed by atoms with Crippen LogP contribution in [0.5, 0.6) is 0 Å². The molecule has 2 nitrogen and oxygen atoms in total. The van der Waals surface area contributed by atoms with Crippen molar-refractivity contribution >= 4 is 38.9 Å². The Bertz CT molecular complexity index is 3160.